The predicted molar refractivity (Wildman–Crippen MR) is 106 cm³/mol. The van der Waals surface area contributed by atoms with Gasteiger partial charge in [0.1, 0.15) is 5.75 Å². The van der Waals surface area contributed by atoms with Crippen molar-refractivity contribution in [3.63, 3.8) is 0 Å². The lowest BCUT2D eigenvalue weighted by atomic mass is 9.96. The third-order valence-electron chi connectivity index (χ3n) is 5.09. The van der Waals surface area contributed by atoms with Crippen LogP contribution in [0.3, 0.4) is 0 Å². The van der Waals surface area contributed by atoms with Gasteiger partial charge in [-0.1, -0.05) is 25.1 Å². The van der Waals surface area contributed by atoms with Crippen molar-refractivity contribution in [1.29, 1.82) is 0 Å². The Balaban J connectivity index is 1.79. The molecule has 3 aromatic rings. The Morgan fingerprint density at radius 2 is 1.86 bits per heavy atom. The Kier molecular flexibility index (Phi) is 4.39. The number of aromatic amines is 1. The van der Waals surface area contributed by atoms with E-state index in [0.717, 1.165) is 16.5 Å². The molecular weight excluding hydrogens is 356 g/mol. The van der Waals surface area contributed by atoms with Gasteiger partial charge in [-0.05, 0) is 35.9 Å². The minimum atomic E-state index is -1.07. The van der Waals surface area contributed by atoms with E-state index in [1.54, 1.807) is 31.4 Å². The van der Waals surface area contributed by atoms with Crippen LogP contribution < -0.4 is 4.74 Å². The molecule has 4 rings (SSSR count). The second kappa shape index (κ2) is 6.88. The zero-order valence-electron chi connectivity index (χ0n) is 15.6. The van der Waals surface area contributed by atoms with Crippen molar-refractivity contribution in [2.24, 2.45) is 0 Å². The van der Waals surface area contributed by atoms with Crippen molar-refractivity contribution < 1.29 is 19.4 Å². The van der Waals surface area contributed by atoms with E-state index in [4.69, 9.17) is 4.74 Å². The molecule has 1 aliphatic heterocycles. The Morgan fingerprint density at radius 3 is 2.54 bits per heavy atom. The second-order valence-electron chi connectivity index (χ2n) is 6.89. The summed E-state index contributed by atoms with van der Waals surface area (Å²) in [4.78, 5) is 29.8. The third kappa shape index (κ3) is 2.93. The molecule has 6 nitrogen and oxygen atoms in total. The fourth-order valence-corrected chi connectivity index (χ4v) is 3.75. The molecule has 2 heterocycles. The van der Waals surface area contributed by atoms with Gasteiger partial charge in [-0.15, -0.1) is 0 Å². The third-order valence-corrected chi connectivity index (χ3v) is 5.09. The van der Waals surface area contributed by atoms with Gasteiger partial charge >= 0.3 is 5.97 Å². The van der Waals surface area contributed by atoms with E-state index in [0.29, 0.717) is 23.6 Å². The number of benzene rings is 2. The number of hydrogen-bond donors (Lipinski definition) is 2. The van der Waals surface area contributed by atoms with Gasteiger partial charge in [0.05, 0.1) is 18.4 Å². The number of aromatic nitrogens is 1. The first kappa shape index (κ1) is 17.9. The maximum Gasteiger partial charge on any atom is 0.339 e. The monoisotopic (exact) mass is 376 g/mol. The fourth-order valence-electron chi connectivity index (χ4n) is 3.75. The van der Waals surface area contributed by atoms with E-state index >= 15 is 0 Å². The summed E-state index contributed by atoms with van der Waals surface area (Å²) in [6, 6.07) is 14.5. The molecule has 2 aromatic carbocycles. The molecule has 1 unspecified atom stereocenters. The van der Waals surface area contributed by atoms with E-state index in [1.807, 2.05) is 31.2 Å². The van der Waals surface area contributed by atoms with E-state index in [-0.39, 0.29) is 17.4 Å². The lowest BCUT2D eigenvalue weighted by Crippen LogP contribution is -2.29. The van der Waals surface area contributed by atoms with Crippen LogP contribution in [0, 0.1) is 0 Å². The Labute approximate surface area is 162 Å². The molecule has 0 saturated heterocycles. The standard InChI is InChI=1S/C22H20N2O4/c1-13-11-24(21(25)14-7-9-15(28-2)10-8-14)12-17(22(26)27)20-19(13)16-5-3-4-6-18(16)23-20/h3-10,12-13,23H,11H2,1-2H3,(H,26,27). The van der Waals surface area contributed by atoms with Crippen LogP contribution in [-0.2, 0) is 4.79 Å². The zero-order chi connectivity index (χ0) is 19.8. The van der Waals surface area contributed by atoms with E-state index < -0.39 is 5.97 Å². The Bertz CT molecular complexity index is 1100. The maximum atomic E-state index is 13.0. The van der Waals surface area contributed by atoms with E-state index in [9.17, 15) is 14.7 Å². The molecule has 1 aromatic heterocycles. The number of nitrogens with one attached hydrogen (secondary N) is 1. The lowest BCUT2D eigenvalue weighted by Gasteiger charge is -2.21. The molecule has 0 saturated carbocycles. The summed E-state index contributed by atoms with van der Waals surface area (Å²) in [6.45, 7) is 2.39. The van der Waals surface area contributed by atoms with Crippen molar-refractivity contribution in [3.8, 4) is 5.75 Å². The highest BCUT2D eigenvalue weighted by Gasteiger charge is 2.30. The summed E-state index contributed by atoms with van der Waals surface area (Å²) in [7, 11) is 1.56. The van der Waals surface area contributed by atoms with Crippen LogP contribution in [0.4, 0.5) is 0 Å². The summed E-state index contributed by atoms with van der Waals surface area (Å²) in [5.41, 5.74) is 2.93. The maximum absolute atomic E-state index is 13.0. The van der Waals surface area contributed by atoms with Crippen molar-refractivity contribution >= 4 is 28.4 Å². The number of nitrogens with zero attached hydrogens (tertiary/aromatic N) is 1. The number of ether oxygens (including phenoxy) is 1. The van der Waals surface area contributed by atoms with E-state index in [2.05, 4.69) is 4.98 Å². The smallest absolute Gasteiger partial charge is 0.339 e. The minimum Gasteiger partial charge on any atom is -0.497 e. The van der Waals surface area contributed by atoms with Gasteiger partial charge in [-0.25, -0.2) is 4.79 Å². The summed E-state index contributed by atoms with van der Waals surface area (Å²) in [6.07, 6.45) is 1.44. The number of aliphatic carboxylic acids is 1. The van der Waals surface area contributed by atoms with Crippen LogP contribution in [0.1, 0.15) is 34.5 Å². The number of carboxylic acids is 1. The van der Waals surface area contributed by atoms with Gasteiger partial charge in [0.2, 0.25) is 0 Å². The highest BCUT2D eigenvalue weighted by Crippen LogP contribution is 2.36. The summed E-state index contributed by atoms with van der Waals surface area (Å²) in [5.74, 6) is -0.706. The van der Waals surface area contributed by atoms with Crippen molar-refractivity contribution in [1.82, 2.24) is 9.88 Å². The first-order valence-electron chi connectivity index (χ1n) is 9.00. The van der Waals surface area contributed by atoms with Crippen molar-refractivity contribution in [2.45, 2.75) is 12.8 Å². The van der Waals surface area contributed by atoms with Crippen LogP contribution >= 0.6 is 0 Å². The quantitative estimate of drug-likeness (QED) is 0.727. The van der Waals surface area contributed by atoms with Crippen LogP contribution in [0.5, 0.6) is 5.75 Å². The number of carbonyl (C=O) groups excluding carboxylic acids is 1. The number of fused-ring (bicyclic) bond motifs is 3. The van der Waals surface area contributed by atoms with Crippen LogP contribution in [0.2, 0.25) is 0 Å². The molecule has 6 heteroatoms. The van der Waals surface area contributed by atoms with Gasteiger partial charge in [0, 0.05) is 35.1 Å². The largest absolute Gasteiger partial charge is 0.497 e. The fraction of sp³-hybridized carbons (Fsp3) is 0.182. The van der Waals surface area contributed by atoms with Crippen LogP contribution in [0.25, 0.3) is 16.5 Å². The molecule has 28 heavy (non-hydrogen) atoms. The highest BCUT2D eigenvalue weighted by molar-refractivity contribution is 6.17. The van der Waals surface area contributed by atoms with Gasteiger partial charge in [0.15, 0.2) is 0 Å². The lowest BCUT2D eigenvalue weighted by molar-refractivity contribution is -0.130. The molecule has 0 fully saturated rings. The average Bonchev–Trinajstić information content (AvgIpc) is 3.02. The minimum absolute atomic E-state index is 0.0403. The topological polar surface area (TPSA) is 82.6 Å². The summed E-state index contributed by atoms with van der Waals surface area (Å²) < 4.78 is 5.13. The molecule has 2 N–H and O–H groups in total. The molecule has 142 valence electrons. The number of para-hydroxylation sites is 1. The first-order chi connectivity index (χ1) is 13.5. The molecule has 1 atom stereocenters. The Morgan fingerprint density at radius 1 is 1.14 bits per heavy atom. The molecule has 1 aliphatic rings. The summed E-state index contributed by atoms with van der Waals surface area (Å²) >= 11 is 0. The molecule has 0 bridgehead atoms. The number of methoxy groups -OCH3 is 1. The Hall–Kier alpha value is -3.54. The van der Waals surface area contributed by atoms with E-state index in [1.165, 1.54) is 11.1 Å². The number of hydrogen-bond acceptors (Lipinski definition) is 3. The summed E-state index contributed by atoms with van der Waals surface area (Å²) in [5, 5.41) is 10.8. The highest BCUT2D eigenvalue weighted by atomic mass is 16.5. The number of H-pyrrole nitrogens is 1. The van der Waals surface area contributed by atoms with Crippen molar-refractivity contribution in [3.05, 3.63) is 71.6 Å². The molecule has 0 spiro atoms. The van der Waals surface area contributed by atoms with Crippen molar-refractivity contribution in [2.75, 3.05) is 13.7 Å². The zero-order valence-corrected chi connectivity index (χ0v) is 15.6. The van der Waals surface area contributed by atoms with Crippen LogP contribution in [-0.4, -0.2) is 40.5 Å². The average molecular weight is 376 g/mol. The normalized spacial score (nSPS) is 16.3. The number of rotatable bonds is 3. The molecule has 0 radical (unpaired) electrons. The van der Waals surface area contributed by atoms with Gasteiger partial charge in [0.25, 0.3) is 5.91 Å². The van der Waals surface area contributed by atoms with Gasteiger partial charge in [-0.2, -0.15) is 0 Å². The number of carbonyl (C=O) groups is 2. The van der Waals surface area contributed by atoms with Gasteiger partial charge < -0.3 is 19.7 Å². The van der Waals surface area contributed by atoms with Gasteiger partial charge in [-0.3, -0.25) is 4.79 Å². The molecule has 1 amide bonds. The van der Waals surface area contributed by atoms with Crippen LogP contribution in [0.15, 0.2) is 54.7 Å². The first-order valence-corrected chi connectivity index (χ1v) is 9.00. The molecule has 0 aliphatic carbocycles. The SMILES string of the molecule is COc1ccc(C(=O)N2C=C(C(=O)O)c3[nH]c4ccccc4c3C(C)C2)cc1. The number of amides is 1. The second-order valence-corrected chi connectivity index (χ2v) is 6.89. The predicted octanol–water partition coefficient (Wildman–Crippen LogP) is 3.86. The number of carboxylic acid groups (broad SMARTS) is 1. The molecular formula is C22H20N2O4.